The largest absolute Gasteiger partial charge is 0.454 e. The minimum atomic E-state index is -3.92. The quantitative estimate of drug-likeness (QED) is 0.471. The van der Waals surface area contributed by atoms with Crippen molar-refractivity contribution in [2.24, 2.45) is 5.14 Å². The first-order chi connectivity index (χ1) is 16.3. The monoisotopic (exact) mass is 474 g/mol. The normalized spacial score (nSPS) is 19.0. The summed E-state index contributed by atoms with van der Waals surface area (Å²) in [6.45, 7) is 0.126. The van der Waals surface area contributed by atoms with E-state index in [1.54, 1.807) is 30.3 Å². The maximum absolute atomic E-state index is 13.9. The molecule has 1 unspecified atom stereocenters. The van der Waals surface area contributed by atoms with Gasteiger partial charge in [-0.1, -0.05) is 42.5 Å². The highest BCUT2D eigenvalue weighted by molar-refractivity contribution is 7.89. The zero-order valence-corrected chi connectivity index (χ0v) is 18.5. The maximum Gasteiger partial charge on any atom is 0.273 e. The molecule has 2 aliphatic heterocycles. The van der Waals surface area contributed by atoms with Crippen molar-refractivity contribution in [3.8, 4) is 11.5 Å². The third-order valence-corrected chi connectivity index (χ3v) is 7.17. The van der Waals surface area contributed by atoms with Gasteiger partial charge in [-0.2, -0.15) is 0 Å². The summed E-state index contributed by atoms with van der Waals surface area (Å²) >= 11 is 0. The van der Waals surface area contributed by atoms with Crippen LogP contribution in [0.15, 0.2) is 83.8 Å². The Hall–Kier alpha value is -3.92. The van der Waals surface area contributed by atoms with Crippen molar-refractivity contribution in [3.63, 3.8) is 0 Å². The lowest BCUT2D eigenvalue weighted by Crippen LogP contribution is -2.39. The Morgan fingerprint density at radius 1 is 0.882 bits per heavy atom. The molecule has 0 fully saturated rings. The number of ether oxygens (including phenoxy) is 2. The van der Waals surface area contributed by atoms with E-state index in [-0.39, 0.29) is 17.3 Å². The smallest absolute Gasteiger partial charge is 0.273 e. The molecule has 2 aliphatic rings. The minimum Gasteiger partial charge on any atom is -0.454 e. The molecule has 0 spiro atoms. The van der Waals surface area contributed by atoms with E-state index in [4.69, 9.17) is 14.6 Å². The minimum absolute atomic E-state index is 0.111. The van der Waals surface area contributed by atoms with Gasteiger partial charge in [-0.25, -0.2) is 13.6 Å². The van der Waals surface area contributed by atoms with E-state index in [0.29, 0.717) is 28.4 Å². The summed E-state index contributed by atoms with van der Waals surface area (Å²) in [4.78, 5) is 15.3. The number of carbonyl (C=O) groups excluding carboxylic acids is 1. The summed E-state index contributed by atoms with van der Waals surface area (Å²) < 4.78 is 34.4. The Morgan fingerprint density at radius 2 is 1.56 bits per heavy atom. The van der Waals surface area contributed by atoms with Crippen molar-refractivity contribution in [2.75, 3.05) is 11.7 Å². The third-order valence-electron chi connectivity index (χ3n) is 6.24. The molecule has 4 aromatic rings. The fraction of sp³-hybridized carbons (Fsp3) is 0.0800. The number of anilines is 2. The van der Waals surface area contributed by atoms with Crippen LogP contribution in [0.5, 0.6) is 11.5 Å². The molecule has 170 valence electrons. The molecule has 0 radical (unpaired) electrons. The van der Waals surface area contributed by atoms with Gasteiger partial charge in [-0.15, -0.1) is 0 Å². The topological polar surface area (TPSA) is 119 Å². The number of benzene rings is 4. The molecule has 2 heterocycles. The lowest BCUT2D eigenvalue weighted by Gasteiger charge is -2.24. The lowest BCUT2D eigenvalue weighted by molar-refractivity contribution is -0.131. The van der Waals surface area contributed by atoms with Crippen LogP contribution in [0.2, 0.25) is 0 Å². The number of nitrogens with two attached hydrogens (primary N) is 1. The average molecular weight is 474 g/mol. The van der Waals surface area contributed by atoms with Crippen LogP contribution < -0.4 is 19.5 Å². The predicted molar refractivity (Wildman–Crippen MR) is 124 cm³/mol. The number of fused-ring (bicyclic) bond motifs is 3. The second-order valence-corrected chi connectivity index (χ2v) is 9.70. The first-order valence-electron chi connectivity index (χ1n) is 10.4. The number of rotatable bonds is 3. The van der Waals surface area contributed by atoms with Crippen LogP contribution in [0.3, 0.4) is 0 Å². The van der Waals surface area contributed by atoms with E-state index < -0.39 is 21.5 Å². The van der Waals surface area contributed by atoms with Crippen molar-refractivity contribution in [2.45, 2.75) is 10.5 Å². The van der Waals surface area contributed by atoms with Gasteiger partial charge in [0.2, 0.25) is 16.8 Å². The van der Waals surface area contributed by atoms with Gasteiger partial charge < -0.3 is 14.6 Å². The number of amides is 1. The van der Waals surface area contributed by atoms with Gasteiger partial charge in [0.15, 0.2) is 17.1 Å². The molecule has 1 amide bonds. The van der Waals surface area contributed by atoms with E-state index in [2.05, 4.69) is 0 Å². The third kappa shape index (κ3) is 2.84. The van der Waals surface area contributed by atoms with Crippen LogP contribution in [0, 0.1) is 0 Å². The van der Waals surface area contributed by atoms with Gasteiger partial charge in [0.25, 0.3) is 5.91 Å². The molecule has 1 atom stereocenters. The van der Waals surface area contributed by atoms with Crippen molar-refractivity contribution >= 4 is 38.1 Å². The summed E-state index contributed by atoms with van der Waals surface area (Å²) in [6.07, 6.45) is 0. The fourth-order valence-electron chi connectivity index (χ4n) is 4.61. The van der Waals surface area contributed by atoms with Crippen LogP contribution in [0.1, 0.15) is 11.1 Å². The molecule has 6 rings (SSSR count). The Kier molecular flexibility index (Phi) is 4.28. The maximum atomic E-state index is 13.9. The van der Waals surface area contributed by atoms with Gasteiger partial charge >= 0.3 is 0 Å². The Bertz CT molecular complexity index is 1600. The van der Waals surface area contributed by atoms with E-state index >= 15 is 0 Å². The number of nitrogens with zero attached hydrogens (tertiary/aromatic N) is 1. The highest BCUT2D eigenvalue weighted by Gasteiger charge is 2.51. The highest BCUT2D eigenvalue weighted by Crippen LogP contribution is 2.50. The van der Waals surface area contributed by atoms with Gasteiger partial charge in [0, 0.05) is 10.9 Å². The zero-order chi connectivity index (χ0) is 23.7. The second kappa shape index (κ2) is 7.04. The van der Waals surface area contributed by atoms with E-state index in [0.717, 1.165) is 10.8 Å². The first-order valence-corrected chi connectivity index (χ1v) is 12.0. The Balaban J connectivity index is 1.55. The molecular formula is C25H18N2O6S. The second-order valence-electron chi connectivity index (χ2n) is 8.14. The molecule has 9 heteroatoms. The molecule has 0 saturated carbocycles. The van der Waals surface area contributed by atoms with Gasteiger partial charge in [0.1, 0.15) is 0 Å². The SMILES string of the molecule is NS(=O)(=O)c1ccc(C2(O)C(=O)N(c3cccc4cc5c(cc34)OCO5)c3ccccc32)cc1. The summed E-state index contributed by atoms with van der Waals surface area (Å²) in [5.74, 6) is 0.625. The van der Waals surface area contributed by atoms with Gasteiger partial charge in [0.05, 0.1) is 16.3 Å². The molecule has 0 saturated heterocycles. The van der Waals surface area contributed by atoms with Gasteiger partial charge in [-0.05, 0) is 47.3 Å². The molecule has 0 aromatic heterocycles. The molecular weight excluding hydrogens is 456 g/mol. The van der Waals surface area contributed by atoms with E-state index in [1.807, 2.05) is 24.3 Å². The number of primary sulfonamides is 1. The molecule has 34 heavy (non-hydrogen) atoms. The number of sulfonamides is 1. The summed E-state index contributed by atoms with van der Waals surface area (Å²) in [6, 6.07) is 21.5. The average Bonchev–Trinajstić information content (AvgIpc) is 3.38. The molecule has 4 aromatic carbocycles. The van der Waals surface area contributed by atoms with Crippen molar-refractivity contribution in [3.05, 3.63) is 90.0 Å². The van der Waals surface area contributed by atoms with Crippen molar-refractivity contribution < 1.29 is 27.8 Å². The van der Waals surface area contributed by atoms with Crippen LogP contribution in [-0.2, 0) is 20.4 Å². The number of hydrogen-bond donors (Lipinski definition) is 2. The summed E-state index contributed by atoms with van der Waals surface area (Å²) in [5.41, 5.74) is -0.300. The number of hydrogen-bond acceptors (Lipinski definition) is 6. The van der Waals surface area contributed by atoms with Crippen LogP contribution in [0.4, 0.5) is 11.4 Å². The van der Waals surface area contributed by atoms with Crippen LogP contribution >= 0.6 is 0 Å². The van der Waals surface area contributed by atoms with Crippen molar-refractivity contribution in [1.29, 1.82) is 0 Å². The molecule has 0 bridgehead atoms. The number of aliphatic hydroxyl groups is 1. The zero-order valence-electron chi connectivity index (χ0n) is 17.6. The predicted octanol–water partition coefficient (Wildman–Crippen LogP) is 3.13. The Morgan fingerprint density at radius 3 is 2.29 bits per heavy atom. The molecule has 0 aliphatic carbocycles. The highest BCUT2D eigenvalue weighted by atomic mass is 32.2. The van der Waals surface area contributed by atoms with E-state index in [1.165, 1.54) is 29.2 Å². The number of para-hydroxylation sites is 1. The fourth-order valence-corrected chi connectivity index (χ4v) is 5.13. The summed E-state index contributed by atoms with van der Waals surface area (Å²) in [7, 11) is -3.92. The Labute approximate surface area is 194 Å². The molecule has 8 nitrogen and oxygen atoms in total. The molecule has 3 N–H and O–H groups in total. The van der Waals surface area contributed by atoms with Crippen molar-refractivity contribution in [1.82, 2.24) is 0 Å². The van der Waals surface area contributed by atoms with Gasteiger partial charge in [-0.3, -0.25) is 9.69 Å². The standard InChI is InChI=1S/C25H18N2O6S/c26-34(30,31)17-10-8-16(9-11-17)25(29)19-5-1-2-6-21(19)27(24(25)28)20-7-3-4-15-12-22-23(13-18(15)20)33-14-32-22/h1-13,29H,14H2,(H2,26,30,31). The van der Waals surface area contributed by atoms with Crippen LogP contribution in [-0.4, -0.2) is 26.2 Å². The van der Waals surface area contributed by atoms with E-state index in [9.17, 15) is 18.3 Å². The van der Waals surface area contributed by atoms with Crippen LogP contribution in [0.25, 0.3) is 10.8 Å². The first kappa shape index (κ1) is 20.7. The lowest BCUT2D eigenvalue weighted by atomic mass is 9.87. The summed E-state index contributed by atoms with van der Waals surface area (Å²) in [5, 5.41) is 18.6. The number of carbonyl (C=O) groups is 1.